The summed E-state index contributed by atoms with van der Waals surface area (Å²) in [7, 11) is 0. The maximum atomic E-state index is 12.8. The Morgan fingerprint density at radius 2 is 1.66 bits per heavy atom. The molecule has 0 unspecified atom stereocenters. The number of thiophene rings is 1. The van der Waals surface area contributed by atoms with Crippen LogP contribution in [0.4, 0.5) is 5.00 Å². The topological polar surface area (TPSA) is 123 Å². The minimum atomic E-state index is -1.02. The number of esters is 2. The first-order valence-corrected chi connectivity index (χ1v) is 14.0. The lowest BCUT2D eigenvalue weighted by Crippen LogP contribution is -2.32. The van der Waals surface area contributed by atoms with Gasteiger partial charge in [0.1, 0.15) is 10.8 Å². The van der Waals surface area contributed by atoms with E-state index in [1.54, 1.807) is 43.3 Å². The van der Waals surface area contributed by atoms with Crippen molar-refractivity contribution in [2.45, 2.75) is 32.6 Å². The van der Waals surface area contributed by atoms with E-state index in [0.29, 0.717) is 28.1 Å². The zero-order valence-corrected chi connectivity index (χ0v) is 23.1. The van der Waals surface area contributed by atoms with Crippen molar-refractivity contribution in [1.82, 2.24) is 5.43 Å². The number of fused-ring (bicyclic) bond motifs is 2. The van der Waals surface area contributed by atoms with Crippen molar-refractivity contribution in [1.29, 1.82) is 0 Å². The second-order valence-electron chi connectivity index (χ2n) is 9.24. The number of nitrogens with zero attached hydrogens (tertiary/aromatic N) is 1. The Hall–Kier alpha value is -4.83. The van der Waals surface area contributed by atoms with Crippen molar-refractivity contribution >= 4 is 57.1 Å². The number of hydrogen-bond donors (Lipinski definition) is 2. The molecule has 2 N–H and O–H groups in total. The Kier molecular flexibility index (Phi) is 8.50. The van der Waals surface area contributed by atoms with E-state index in [1.165, 1.54) is 17.6 Å². The van der Waals surface area contributed by atoms with Crippen molar-refractivity contribution in [3.05, 3.63) is 93.9 Å². The van der Waals surface area contributed by atoms with Gasteiger partial charge in [-0.25, -0.2) is 15.0 Å². The number of rotatable bonds is 7. The van der Waals surface area contributed by atoms with Crippen LogP contribution in [-0.4, -0.2) is 36.6 Å². The molecule has 4 aromatic rings. The highest BCUT2D eigenvalue weighted by atomic mass is 32.1. The number of amides is 2. The largest absolute Gasteiger partial charge is 0.462 e. The van der Waals surface area contributed by atoms with Gasteiger partial charge in [0.2, 0.25) is 0 Å². The molecule has 0 aliphatic heterocycles. The molecule has 0 atom stereocenters. The number of nitrogens with one attached hydrogen (secondary N) is 2. The smallest absolute Gasteiger partial charge is 0.343 e. The SMILES string of the molecule is CCOC(=O)c1c(NC(=O)C(=O)N/N=C/c2c(OC(=O)c3ccccc3)ccc3ccccc23)sc2c1CCCC2. The molecule has 5 rings (SSSR count). The Bertz CT molecular complexity index is 1660. The van der Waals surface area contributed by atoms with E-state index in [-0.39, 0.29) is 12.4 Å². The molecule has 2 amide bonds. The molecular formula is C31H27N3O6S. The highest BCUT2D eigenvalue weighted by Crippen LogP contribution is 2.38. The molecule has 0 bridgehead atoms. The molecule has 41 heavy (non-hydrogen) atoms. The van der Waals surface area contributed by atoms with Crippen LogP contribution in [0.25, 0.3) is 10.8 Å². The van der Waals surface area contributed by atoms with Gasteiger partial charge in [0.05, 0.1) is 23.9 Å². The van der Waals surface area contributed by atoms with Gasteiger partial charge in [-0.3, -0.25) is 9.59 Å². The predicted molar refractivity (Wildman–Crippen MR) is 157 cm³/mol. The van der Waals surface area contributed by atoms with Crippen LogP contribution < -0.4 is 15.5 Å². The van der Waals surface area contributed by atoms with E-state index in [2.05, 4.69) is 15.8 Å². The maximum absolute atomic E-state index is 12.8. The van der Waals surface area contributed by atoms with Gasteiger partial charge in [-0.2, -0.15) is 5.10 Å². The molecule has 1 aliphatic carbocycles. The third kappa shape index (κ3) is 6.17. The van der Waals surface area contributed by atoms with Gasteiger partial charge in [0.15, 0.2) is 0 Å². The first-order valence-electron chi connectivity index (χ1n) is 13.2. The monoisotopic (exact) mass is 569 g/mol. The first-order chi connectivity index (χ1) is 20.0. The van der Waals surface area contributed by atoms with Gasteiger partial charge in [-0.05, 0) is 67.1 Å². The first kappa shape index (κ1) is 27.7. The van der Waals surface area contributed by atoms with E-state index < -0.39 is 23.8 Å². The fraction of sp³-hybridized carbons (Fsp3) is 0.194. The van der Waals surface area contributed by atoms with E-state index >= 15 is 0 Å². The maximum Gasteiger partial charge on any atom is 0.343 e. The second kappa shape index (κ2) is 12.6. The second-order valence-corrected chi connectivity index (χ2v) is 10.3. The number of aryl methyl sites for hydroxylation is 1. The molecule has 208 valence electrons. The highest BCUT2D eigenvalue weighted by Gasteiger charge is 2.28. The molecule has 9 nitrogen and oxygen atoms in total. The van der Waals surface area contributed by atoms with Gasteiger partial charge in [0.25, 0.3) is 0 Å². The minimum Gasteiger partial charge on any atom is -0.462 e. The van der Waals surface area contributed by atoms with E-state index in [4.69, 9.17) is 9.47 Å². The number of hydrogen-bond acceptors (Lipinski definition) is 8. The Balaban J connectivity index is 1.34. The summed E-state index contributed by atoms with van der Waals surface area (Å²) in [6, 6.07) is 19.5. The standard InChI is InChI=1S/C31H27N3O6S/c1-2-39-31(38)26-22-14-8-9-15-25(22)41-29(26)33-27(35)28(36)34-32-18-23-21-13-7-6-10-19(21)16-17-24(23)40-30(37)20-11-4-3-5-12-20/h3-7,10-13,16-18H,2,8-9,14-15H2,1H3,(H,33,35)(H,34,36)/b32-18+. The molecule has 0 spiro atoms. The van der Waals surface area contributed by atoms with Gasteiger partial charge < -0.3 is 14.8 Å². The van der Waals surface area contributed by atoms with Crippen LogP contribution in [0.3, 0.4) is 0 Å². The van der Waals surface area contributed by atoms with Crippen LogP contribution in [0.15, 0.2) is 71.8 Å². The van der Waals surface area contributed by atoms with Crippen molar-refractivity contribution in [2.75, 3.05) is 11.9 Å². The average Bonchev–Trinajstić information content (AvgIpc) is 3.36. The molecular weight excluding hydrogens is 542 g/mol. The lowest BCUT2D eigenvalue weighted by atomic mass is 9.95. The molecule has 1 aliphatic rings. The fourth-order valence-electron chi connectivity index (χ4n) is 4.67. The summed E-state index contributed by atoms with van der Waals surface area (Å²) in [6.45, 7) is 1.91. The van der Waals surface area contributed by atoms with Gasteiger partial charge >= 0.3 is 23.8 Å². The molecule has 0 radical (unpaired) electrons. The van der Waals surface area contributed by atoms with Crippen LogP contribution in [-0.2, 0) is 27.2 Å². The van der Waals surface area contributed by atoms with Gasteiger partial charge in [0, 0.05) is 10.4 Å². The van der Waals surface area contributed by atoms with Gasteiger partial charge in [-0.15, -0.1) is 11.3 Å². The predicted octanol–water partition coefficient (Wildman–Crippen LogP) is 5.26. The molecule has 3 aromatic carbocycles. The summed E-state index contributed by atoms with van der Waals surface area (Å²) in [5.41, 5.74) is 4.25. The lowest BCUT2D eigenvalue weighted by Gasteiger charge is -2.12. The van der Waals surface area contributed by atoms with Crippen LogP contribution in [0.2, 0.25) is 0 Å². The Morgan fingerprint density at radius 1 is 0.902 bits per heavy atom. The van der Waals surface area contributed by atoms with E-state index in [0.717, 1.165) is 40.5 Å². The number of carbonyl (C=O) groups is 4. The Morgan fingerprint density at radius 3 is 2.46 bits per heavy atom. The number of hydrazone groups is 1. The summed E-state index contributed by atoms with van der Waals surface area (Å²) in [4.78, 5) is 51.8. The van der Waals surface area contributed by atoms with Crippen LogP contribution in [0.5, 0.6) is 5.75 Å². The third-order valence-electron chi connectivity index (χ3n) is 6.59. The Labute approximate surface area is 240 Å². The minimum absolute atomic E-state index is 0.197. The average molecular weight is 570 g/mol. The number of carbonyl (C=O) groups excluding carboxylic acids is 4. The number of anilines is 1. The highest BCUT2D eigenvalue weighted by molar-refractivity contribution is 7.17. The summed E-state index contributed by atoms with van der Waals surface area (Å²) in [5, 5.41) is 8.44. The van der Waals surface area contributed by atoms with Crippen LogP contribution in [0.1, 0.15) is 56.5 Å². The summed E-state index contributed by atoms with van der Waals surface area (Å²) >= 11 is 1.29. The molecule has 0 fully saturated rings. The molecule has 1 aromatic heterocycles. The molecule has 10 heteroatoms. The number of benzene rings is 3. The molecule has 1 heterocycles. The zero-order valence-electron chi connectivity index (χ0n) is 22.3. The molecule has 0 saturated carbocycles. The van der Waals surface area contributed by atoms with E-state index in [1.807, 2.05) is 30.3 Å². The quantitative estimate of drug-likeness (QED) is 0.103. The van der Waals surface area contributed by atoms with Crippen LogP contribution in [0, 0.1) is 0 Å². The van der Waals surface area contributed by atoms with Crippen molar-refractivity contribution in [3.8, 4) is 5.75 Å². The van der Waals surface area contributed by atoms with Crippen molar-refractivity contribution in [2.24, 2.45) is 5.10 Å². The summed E-state index contributed by atoms with van der Waals surface area (Å²) in [5.74, 6) is -2.82. The van der Waals surface area contributed by atoms with Crippen LogP contribution >= 0.6 is 11.3 Å². The fourth-order valence-corrected chi connectivity index (χ4v) is 5.94. The molecule has 0 saturated heterocycles. The number of ether oxygens (including phenoxy) is 2. The summed E-state index contributed by atoms with van der Waals surface area (Å²) in [6.07, 6.45) is 4.79. The third-order valence-corrected chi connectivity index (χ3v) is 7.79. The normalized spacial score (nSPS) is 12.5. The van der Waals surface area contributed by atoms with Crippen molar-refractivity contribution < 1.29 is 28.7 Å². The zero-order chi connectivity index (χ0) is 28.8. The lowest BCUT2D eigenvalue weighted by molar-refractivity contribution is -0.136. The van der Waals surface area contributed by atoms with Gasteiger partial charge in [-0.1, -0.05) is 48.5 Å². The van der Waals surface area contributed by atoms with Crippen molar-refractivity contribution in [3.63, 3.8) is 0 Å². The summed E-state index contributed by atoms with van der Waals surface area (Å²) < 4.78 is 10.9. The van der Waals surface area contributed by atoms with E-state index in [9.17, 15) is 19.2 Å².